The largest absolute Gasteiger partial charge is 0.478 e. The summed E-state index contributed by atoms with van der Waals surface area (Å²) in [6, 6.07) is 12.5. The number of sulfonamides is 1. The molecule has 0 spiro atoms. The number of hydrogen-bond acceptors (Lipinski definition) is 4. The molecule has 7 heteroatoms. The van der Waals surface area contributed by atoms with Gasteiger partial charge in [0.25, 0.3) is 10.0 Å². The third kappa shape index (κ3) is 3.96. The van der Waals surface area contributed by atoms with Crippen molar-refractivity contribution in [1.82, 2.24) is 5.32 Å². The van der Waals surface area contributed by atoms with Crippen molar-refractivity contribution >= 4 is 21.7 Å². The van der Waals surface area contributed by atoms with Gasteiger partial charge < -0.3 is 10.4 Å². The fourth-order valence-electron chi connectivity index (χ4n) is 4.86. The van der Waals surface area contributed by atoms with E-state index in [1.54, 1.807) is 24.3 Å². The van der Waals surface area contributed by atoms with Gasteiger partial charge >= 0.3 is 5.97 Å². The third-order valence-electron chi connectivity index (χ3n) is 6.88. The smallest absolute Gasteiger partial charge is 0.335 e. The zero-order valence-corrected chi connectivity index (χ0v) is 19.8. The van der Waals surface area contributed by atoms with E-state index in [9.17, 15) is 18.3 Å². The summed E-state index contributed by atoms with van der Waals surface area (Å²) < 4.78 is 29.1. The normalized spacial score (nSPS) is 21.2. The molecule has 3 N–H and O–H groups in total. The summed E-state index contributed by atoms with van der Waals surface area (Å²) >= 11 is 0. The van der Waals surface area contributed by atoms with Crippen molar-refractivity contribution in [1.29, 1.82) is 0 Å². The Balaban J connectivity index is 1.45. The van der Waals surface area contributed by atoms with E-state index in [2.05, 4.69) is 22.2 Å². The molecule has 2 unspecified atom stereocenters. The van der Waals surface area contributed by atoms with E-state index in [0.29, 0.717) is 17.0 Å². The highest BCUT2D eigenvalue weighted by atomic mass is 32.2. The van der Waals surface area contributed by atoms with Gasteiger partial charge in [0.15, 0.2) is 0 Å². The van der Waals surface area contributed by atoms with Crippen molar-refractivity contribution in [3.63, 3.8) is 0 Å². The fourth-order valence-corrected chi connectivity index (χ4v) is 6.01. The number of fused-ring (bicyclic) bond motifs is 2. The summed E-state index contributed by atoms with van der Waals surface area (Å²) in [6.45, 7) is 3.95. The van der Waals surface area contributed by atoms with E-state index in [4.69, 9.17) is 0 Å². The fraction of sp³-hybridized carbons (Fsp3) is 0.222. The topological polar surface area (TPSA) is 95.5 Å². The van der Waals surface area contributed by atoms with Crippen LogP contribution < -0.4 is 10.0 Å². The Bertz CT molecular complexity index is 1410. The molecule has 2 aromatic rings. The molecular formula is C27H26N2O4S. The number of aromatic carboxylic acids is 1. The summed E-state index contributed by atoms with van der Waals surface area (Å²) in [6.07, 6.45) is 8.88. The van der Waals surface area contributed by atoms with Gasteiger partial charge in [0.05, 0.1) is 16.5 Å². The van der Waals surface area contributed by atoms with Crippen molar-refractivity contribution in [3.8, 4) is 0 Å². The standard InChI is InChI=1S/C27H26N2O4S/c1-16-6-11-20(14-17(16)2)29-34(32,33)21-12-13-25-24(15-21)22-4-3-5-23(22)26(28-25)18-7-9-19(10-8-18)27(30)31/h3-4,6-14,23,26,28-29H,5,15H2,1-2H3,(H,30,31). The predicted octanol–water partition coefficient (Wildman–Crippen LogP) is 5.13. The third-order valence-corrected chi connectivity index (χ3v) is 8.36. The Morgan fingerprint density at radius 1 is 1.06 bits per heavy atom. The zero-order chi connectivity index (χ0) is 24.0. The van der Waals surface area contributed by atoms with Crippen LogP contribution >= 0.6 is 0 Å². The predicted molar refractivity (Wildman–Crippen MR) is 133 cm³/mol. The van der Waals surface area contributed by atoms with Crippen molar-refractivity contribution in [3.05, 3.63) is 111 Å². The second kappa shape index (κ2) is 8.33. The summed E-state index contributed by atoms with van der Waals surface area (Å²) in [5.74, 6) is -0.783. The molecule has 0 amide bonds. The molecule has 6 nitrogen and oxygen atoms in total. The molecule has 0 saturated carbocycles. The van der Waals surface area contributed by atoms with Gasteiger partial charge in [-0.15, -0.1) is 0 Å². The maximum Gasteiger partial charge on any atom is 0.335 e. The molecule has 3 aliphatic rings. The lowest BCUT2D eigenvalue weighted by Crippen LogP contribution is -2.35. The van der Waals surface area contributed by atoms with Gasteiger partial charge in [-0.3, -0.25) is 4.72 Å². The molecule has 1 aliphatic heterocycles. The van der Waals surface area contributed by atoms with Crippen LogP contribution in [-0.2, 0) is 10.0 Å². The number of benzene rings is 2. The molecule has 2 atom stereocenters. The molecule has 5 rings (SSSR count). The summed E-state index contributed by atoms with van der Waals surface area (Å²) in [4.78, 5) is 11.5. The minimum atomic E-state index is -3.70. The molecule has 0 radical (unpaired) electrons. The molecule has 2 aromatic carbocycles. The molecular weight excluding hydrogens is 448 g/mol. The first kappa shape index (κ1) is 22.2. The van der Waals surface area contributed by atoms with Crippen molar-refractivity contribution in [2.45, 2.75) is 32.7 Å². The lowest BCUT2D eigenvalue weighted by molar-refractivity contribution is 0.0697. The Labute approximate surface area is 199 Å². The number of allylic oxidation sites excluding steroid dienone is 6. The minimum Gasteiger partial charge on any atom is -0.478 e. The van der Waals surface area contributed by atoms with E-state index in [1.165, 1.54) is 0 Å². The number of anilines is 1. The molecule has 1 heterocycles. The van der Waals surface area contributed by atoms with E-state index < -0.39 is 16.0 Å². The van der Waals surface area contributed by atoms with Gasteiger partial charge in [0.2, 0.25) is 0 Å². The van der Waals surface area contributed by atoms with Crippen LogP contribution in [0.4, 0.5) is 5.69 Å². The van der Waals surface area contributed by atoms with Crippen LogP contribution in [0.25, 0.3) is 0 Å². The maximum absolute atomic E-state index is 13.2. The first-order valence-corrected chi connectivity index (χ1v) is 12.7. The van der Waals surface area contributed by atoms with Crippen LogP contribution in [0.1, 0.15) is 45.9 Å². The number of carboxylic acids is 1. The number of hydrogen-bond donors (Lipinski definition) is 3. The molecule has 0 saturated heterocycles. The number of aryl methyl sites for hydroxylation is 2. The average Bonchev–Trinajstić information content (AvgIpc) is 3.31. The molecule has 0 fully saturated rings. The van der Waals surface area contributed by atoms with E-state index in [1.807, 2.05) is 44.2 Å². The van der Waals surface area contributed by atoms with Crippen molar-refractivity contribution in [2.75, 3.05) is 4.72 Å². The number of rotatable bonds is 5. The minimum absolute atomic E-state index is 0.0111. The average molecular weight is 475 g/mol. The molecule has 174 valence electrons. The molecule has 34 heavy (non-hydrogen) atoms. The molecule has 0 bridgehead atoms. The van der Waals surface area contributed by atoms with E-state index in [0.717, 1.165) is 40.0 Å². The van der Waals surface area contributed by atoms with E-state index >= 15 is 0 Å². The van der Waals surface area contributed by atoms with Crippen LogP contribution in [0.15, 0.2) is 88.5 Å². The summed E-state index contributed by atoms with van der Waals surface area (Å²) in [7, 11) is -3.70. The quantitative estimate of drug-likeness (QED) is 0.558. The van der Waals surface area contributed by atoms with Crippen LogP contribution in [-0.4, -0.2) is 19.5 Å². The van der Waals surface area contributed by atoms with Gasteiger partial charge in [-0.05, 0) is 84.5 Å². The van der Waals surface area contributed by atoms with Crippen LogP contribution in [0.5, 0.6) is 0 Å². The van der Waals surface area contributed by atoms with Gasteiger partial charge in [-0.2, -0.15) is 0 Å². The highest BCUT2D eigenvalue weighted by molar-refractivity contribution is 7.96. The van der Waals surface area contributed by atoms with Crippen molar-refractivity contribution in [2.24, 2.45) is 5.92 Å². The second-order valence-electron chi connectivity index (χ2n) is 9.02. The van der Waals surface area contributed by atoms with Gasteiger partial charge in [-0.1, -0.05) is 30.4 Å². The lowest BCUT2D eigenvalue weighted by atomic mass is 9.79. The summed E-state index contributed by atoms with van der Waals surface area (Å²) in [5, 5.41) is 12.8. The van der Waals surface area contributed by atoms with Gasteiger partial charge in [0, 0.05) is 23.7 Å². The number of carbonyl (C=O) groups is 1. The Kier molecular flexibility index (Phi) is 5.44. The highest BCUT2D eigenvalue weighted by Gasteiger charge is 2.37. The zero-order valence-electron chi connectivity index (χ0n) is 19.0. The van der Waals surface area contributed by atoms with E-state index in [-0.39, 0.29) is 17.5 Å². The lowest BCUT2D eigenvalue weighted by Gasteiger charge is -2.37. The monoisotopic (exact) mass is 474 g/mol. The van der Waals surface area contributed by atoms with Crippen LogP contribution in [0, 0.1) is 19.8 Å². The first-order valence-electron chi connectivity index (χ1n) is 11.2. The van der Waals surface area contributed by atoms with Crippen molar-refractivity contribution < 1.29 is 18.3 Å². The maximum atomic E-state index is 13.2. The van der Waals surface area contributed by atoms with Gasteiger partial charge in [0.1, 0.15) is 0 Å². The Morgan fingerprint density at radius 2 is 1.82 bits per heavy atom. The van der Waals surface area contributed by atoms with Crippen LogP contribution in [0.3, 0.4) is 0 Å². The Hall–Kier alpha value is -3.58. The number of carboxylic acid groups (broad SMARTS) is 1. The SMILES string of the molecule is Cc1ccc(NS(=O)(=O)C2=CC=C3NC(c4ccc(C(=O)O)cc4)C4CC=CC4=C3C2)cc1C. The molecule has 0 aromatic heterocycles. The highest BCUT2D eigenvalue weighted by Crippen LogP contribution is 2.46. The Morgan fingerprint density at radius 3 is 2.53 bits per heavy atom. The molecule has 2 aliphatic carbocycles. The second-order valence-corrected chi connectivity index (χ2v) is 10.8. The van der Waals surface area contributed by atoms with Crippen LogP contribution in [0.2, 0.25) is 0 Å². The van der Waals surface area contributed by atoms with Gasteiger partial charge in [-0.25, -0.2) is 13.2 Å². The number of nitrogens with one attached hydrogen (secondary N) is 2. The summed E-state index contributed by atoms with van der Waals surface area (Å²) in [5.41, 5.74) is 7.02. The first-order chi connectivity index (χ1) is 16.2.